The van der Waals surface area contributed by atoms with E-state index in [-0.39, 0.29) is 11.3 Å². The number of halogens is 1. The van der Waals surface area contributed by atoms with Crippen LogP contribution in [0.2, 0.25) is 0 Å². The van der Waals surface area contributed by atoms with E-state index in [9.17, 15) is 4.79 Å². The quantitative estimate of drug-likeness (QED) is 0.752. The minimum absolute atomic E-state index is 0.0724. The van der Waals surface area contributed by atoms with E-state index in [2.05, 4.69) is 26.0 Å². The number of amides is 1. The average molecular weight is 280 g/mol. The number of anilines is 1. The molecule has 2 rings (SSSR count). The van der Waals surface area contributed by atoms with Crippen LogP contribution >= 0.6 is 11.6 Å². The zero-order chi connectivity index (χ0) is 14.0. The Morgan fingerprint density at radius 3 is 2.58 bits per heavy atom. The highest BCUT2D eigenvalue weighted by Gasteiger charge is 2.23. The molecule has 0 bridgehead atoms. The van der Waals surface area contributed by atoms with E-state index in [4.69, 9.17) is 11.6 Å². The molecule has 19 heavy (non-hydrogen) atoms. The molecule has 0 saturated carbocycles. The number of nitrogens with zero attached hydrogens (tertiary/aromatic N) is 1. The molecule has 1 amide bonds. The molecule has 0 aliphatic carbocycles. The van der Waals surface area contributed by atoms with E-state index >= 15 is 0 Å². The molecule has 0 spiro atoms. The number of aryl methyl sites for hydroxylation is 1. The van der Waals surface area contributed by atoms with Gasteiger partial charge in [-0.05, 0) is 29.5 Å². The van der Waals surface area contributed by atoms with Crippen LogP contribution in [0, 0.1) is 5.92 Å². The molecular formula is C16H22ClNO. The van der Waals surface area contributed by atoms with Gasteiger partial charge in [0.2, 0.25) is 5.91 Å². The third kappa shape index (κ3) is 2.79. The van der Waals surface area contributed by atoms with Crippen LogP contribution in [-0.4, -0.2) is 13.0 Å². The Morgan fingerprint density at radius 2 is 1.95 bits per heavy atom. The van der Waals surface area contributed by atoms with Gasteiger partial charge in [-0.15, -0.1) is 11.6 Å². The lowest BCUT2D eigenvalue weighted by molar-refractivity contribution is -0.118. The van der Waals surface area contributed by atoms with E-state index in [1.807, 2.05) is 13.1 Å². The lowest BCUT2D eigenvalue weighted by Gasteiger charge is -2.27. The standard InChI is InChI=1S/C16H22ClNO/c1-4-11(5-2)16(17)13-6-8-14-12(10-13)7-9-15(19)18(14)3/h6,8,10-11,16H,4-5,7,9H2,1-3H3. The van der Waals surface area contributed by atoms with E-state index in [1.54, 1.807) is 4.90 Å². The van der Waals surface area contributed by atoms with Gasteiger partial charge in [0.15, 0.2) is 0 Å². The monoisotopic (exact) mass is 279 g/mol. The summed E-state index contributed by atoms with van der Waals surface area (Å²) >= 11 is 6.60. The molecule has 2 nitrogen and oxygen atoms in total. The minimum atomic E-state index is 0.0724. The zero-order valence-electron chi connectivity index (χ0n) is 11.9. The summed E-state index contributed by atoms with van der Waals surface area (Å²) in [7, 11) is 1.85. The highest BCUT2D eigenvalue weighted by atomic mass is 35.5. The van der Waals surface area contributed by atoms with Crippen molar-refractivity contribution in [1.29, 1.82) is 0 Å². The molecule has 1 unspecified atom stereocenters. The number of benzene rings is 1. The summed E-state index contributed by atoms with van der Waals surface area (Å²) in [6.45, 7) is 4.38. The molecule has 0 radical (unpaired) electrons. The Labute approximate surface area is 120 Å². The summed E-state index contributed by atoms with van der Waals surface area (Å²) in [6.07, 6.45) is 3.63. The summed E-state index contributed by atoms with van der Waals surface area (Å²) < 4.78 is 0. The highest BCUT2D eigenvalue weighted by molar-refractivity contribution is 6.21. The number of alkyl halides is 1. The van der Waals surface area contributed by atoms with Gasteiger partial charge in [0.1, 0.15) is 0 Å². The van der Waals surface area contributed by atoms with Crippen LogP contribution < -0.4 is 4.90 Å². The maximum absolute atomic E-state index is 11.7. The summed E-state index contributed by atoms with van der Waals surface area (Å²) in [5.74, 6) is 0.713. The van der Waals surface area contributed by atoms with Gasteiger partial charge < -0.3 is 4.90 Å². The molecule has 0 aromatic heterocycles. The van der Waals surface area contributed by atoms with E-state index in [0.717, 1.165) is 24.9 Å². The van der Waals surface area contributed by atoms with Crippen molar-refractivity contribution in [1.82, 2.24) is 0 Å². The average Bonchev–Trinajstić information content (AvgIpc) is 2.44. The fourth-order valence-electron chi connectivity index (χ4n) is 2.82. The Kier molecular flexibility index (Phi) is 4.51. The first-order valence-corrected chi connectivity index (χ1v) is 7.55. The fraction of sp³-hybridized carbons (Fsp3) is 0.562. The first kappa shape index (κ1) is 14.4. The van der Waals surface area contributed by atoms with E-state index < -0.39 is 0 Å². The lowest BCUT2D eigenvalue weighted by atomic mass is 9.91. The molecule has 104 valence electrons. The third-order valence-corrected chi connectivity index (χ3v) is 4.84. The summed E-state index contributed by atoms with van der Waals surface area (Å²) in [5, 5.41) is 0.0724. The Morgan fingerprint density at radius 1 is 1.26 bits per heavy atom. The zero-order valence-corrected chi connectivity index (χ0v) is 12.7. The van der Waals surface area contributed by atoms with E-state index in [0.29, 0.717) is 12.3 Å². The molecule has 1 aromatic rings. The van der Waals surface area contributed by atoms with Gasteiger partial charge in [0.25, 0.3) is 0 Å². The first-order valence-electron chi connectivity index (χ1n) is 7.11. The highest BCUT2D eigenvalue weighted by Crippen LogP contribution is 2.36. The van der Waals surface area contributed by atoms with Crippen molar-refractivity contribution in [3.63, 3.8) is 0 Å². The van der Waals surface area contributed by atoms with Crippen molar-refractivity contribution in [2.75, 3.05) is 11.9 Å². The molecule has 0 fully saturated rings. The second kappa shape index (κ2) is 5.96. The van der Waals surface area contributed by atoms with Crippen molar-refractivity contribution < 1.29 is 4.79 Å². The fourth-order valence-corrected chi connectivity index (χ4v) is 3.31. The molecule has 0 saturated heterocycles. The normalized spacial score (nSPS) is 16.7. The van der Waals surface area contributed by atoms with Gasteiger partial charge >= 0.3 is 0 Å². The summed E-state index contributed by atoms with van der Waals surface area (Å²) in [4.78, 5) is 13.4. The van der Waals surface area contributed by atoms with Gasteiger partial charge in [0.05, 0.1) is 5.38 Å². The first-order chi connectivity index (χ1) is 9.08. The molecule has 3 heteroatoms. The molecule has 1 aliphatic heterocycles. The molecule has 0 N–H and O–H groups in total. The van der Waals surface area contributed by atoms with Crippen molar-refractivity contribution in [3.05, 3.63) is 29.3 Å². The topological polar surface area (TPSA) is 20.3 Å². The number of carbonyl (C=O) groups excluding carboxylic acids is 1. The predicted molar refractivity (Wildman–Crippen MR) is 80.8 cm³/mol. The van der Waals surface area contributed by atoms with Gasteiger partial charge in [-0.1, -0.05) is 38.8 Å². The van der Waals surface area contributed by atoms with E-state index in [1.165, 1.54) is 11.1 Å². The van der Waals surface area contributed by atoms with Gasteiger partial charge in [0, 0.05) is 19.2 Å². The predicted octanol–water partition coefficient (Wildman–Crippen LogP) is 4.31. The van der Waals surface area contributed by atoms with Crippen LogP contribution in [-0.2, 0) is 11.2 Å². The van der Waals surface area contributed by atoms with Crippen LogP contribution in [0.3, 0.4) is 0 Å². The minimum Gasteiger partial charge on any atom is -0.315 e. The Hall–Kier alpha value is -1.02. The maximum atomic E-state index is 11.7. The second-order valence-electron chi connectivity index (χ2n) is 5.32. The molecule has 1 heterocycles. The number of hydrogen-bond donors (Lipinski definition) is 0. The van der Waals surface area contributed by atoms with Crippen molar-refractivity contribution in [3.8, 4) is 0 Å². The third-order valence-electron chi connectivity index (χ3n) is 4.23. The van der Waals surface area contributed by atoms with Crippen molar-refractivity contribution in [2.45, 2.75) is 44.9 Å². The van der Waals surface area contributed by atoms with Gasteiger partial charge in [-0.25, -0.2) is 0 Å². The Balaban J connectivity index is 2.29. The number of rotatable bonds is 4. The lowest BCUT2D eigenvalue weighted by Crippen LogP contribution is -2.31. The number of carbonyl (C=O) groups is 1. The number of fused-ring (bicyclic) bond motifs is 1. The smallest absolute Gasteiger partial charge is 0.227 e. The largest absolute Gasteiger partial charge is 0.315 e. The Bertz CT molecular complexity index is 468. The summed E-state index contributed by atoms with van der Waals surface area (Å²) in [6, 6.07) is 6.30. The van der Waals surface area contributed by atoms with Crippen LogP contribution in [0.15, 0.2) is 18.2 Å². The van der Waals surface area contributed by atoms with Crippen LogP contribution in [0.1, 0.15) is 49.6 Å². The van der Waals surface area contributed by atoms with Crippen LogP contribution in [0.25, 0.3) is 0 Å². The second-order valence-corrected chi connectivity index (χ2v) is 5.79. The van der Waals surface area contributed by atoms with Crippen molar-refractivity contribution in [2.24, 2.45) is 5.92 Å². The van der Waals surface area contributed by atoms with Crippen LogP contribution in [0.5, 0.6) is 0 Å². The maximum Gasteiger partial charge on any atom is 0.227 e. The molecule has 1 aromatic carbocycles. The molecule has 1 atom stereocenters. The SMILES string of the molecule is CCC(CC)C(Cl)c1ccc2c(c1)CCC(=O)N2C. The summed E-state index contributed by atoms with van der Waals surface area (Å²) in [5.41, 5.74) is 3.47. The van der Waals surface area contributed by atoms with Gasteiger partial charge in [-0.3, -0.25) is 4.79 Å². The van der Waals surface area contributed by atoms with Crippen molar-refractivity contribution >= 4 is 23.2 Å². The molecular weight excluding hydrogens is 258 g/mol. The van der Waals surface area contributed by atoms with Gasteiger partial charge in [-0.2, -0.15) is 0 Å². The number of hydrogen-bond acceptors (Lipinski definition) is 1. The molecule has 1 aliphatic rings. The van der Waals surface area contributed by atoms with Crippen LogP contribution in [0.4, 0.5) is 5.69 Å².